The molecule has 2 amide bonds. The summed E-state index contributed by atoms with van der Waals surface area (Å²) in [6, 6.07) is 16.1. The van der Waals surface area contributed by atoms with Crippen LogP contribution in [0, 0.1) is 0 Å². The number of aliphatic hydroxyl groups is 1. The van der Waals surface area contributed by atoms with Crippen LogP contribution in [0.25, 0.3) is 11.1 Å². The van der Waals surface area contributed by atoms with Crippen molar-refractivity contribution in [3.63, 3.8) is 0 Å². The van der Waals surface area contributed by atoms with E-state index in [2.05, 4.69) is 34.9 Å². The van der Waals surface area contributed by atoms with Gasteiger partial charge in [0.2, 0.25) is 0 Å². The van der Waals surface area contributed by atoms with Crippen molar-refractivity contribution in [2.24, 2.45) is 0 Å². The van der Waals surface area contributed by atoms with Gasteiger partial charge < -0.3 is 25.2 Å². The van der Waals surface area contributed by atoms with E-state index in [0.717, 1.165) is 6.42 Å². The quantitative estimate of drug-likeness (QED) is 0.482. The number of hydrogen-bond acceptors (Lipinski definition) is 5. The second kappa shape index (κ2) is 11.2. The molecule has 0 aromatic heterocycles. The summed E-state index contributed by atoms with van der Waals surface area (Å²) in [5, 5.41) is 14.9. The van der Waals surface area contributed by atoms with E-state index in [4.69, 9.17) is 9.47 Å². The molecule has 0 heterocycles. The number of unbranched alkanes of at least 4 members (excludes halogenated alkanes) is 1. The minimum atomic E-state index is -0.586. The fourth-order valence-electron chi connectivity index (χ4n) is 4.04. The summed E-state index contributed by atoms with van der Waals surface area (Å²) < 4.78 is 10.7. The van der Waals surface area contributed by atoms with Crippen molar-refractivity contribution in [2.45, 2.75) is 57.6 Å². The molecule has 7 heteroatoms. The molecule has 2 aromatic rings. The third kappa shape index (κ3) is 6.96. The molecule has 0 aliphatic heterocycles. The number of ether oxygens (including phenoxy) is 2. The molecule has 0 saturated carbocycles. The number of nitrogens with one attached hydrogen (secondary N) is 2. The zero-order valence-electron chi connectivity index (χ0n) is 19.6. The van der Waals surface area contributed by atoms with Gasteiger partial charge in [0.05, 0.1) is 12.6 Å². The number of fused-ring (bicyclic) bond motifs is 3. The average molecular weight is 455 g/mol. The van der Waals surface area contributed by atoms with Crippen LogP contribution in [-0.2, 0) is 9.47 Å². The lowest BCUT2D eigenvalue weighted by Crippen LogP contribution is -2.41. The van der Waals surface area contributed by atoms with Gasteiger partial charge in [-0.05, 0) is 62.3 Å². The molecule has 0 bridgehead atoms. The van der Waals surface area contributed by atoms with E-state index >= 15 is 0 Å². The third-order valence-electron chi connectivity index (χ3n) is 5.53. The molecule has 1 atom stereocenters. The average Bonchev–Trinajstić information content (AvgIpc) is 3.09. The molecule has 0 spiro atoms. The minimum Gasteiger partial charge on any atom is -0.449 e. The largest absolute Gasteiger partial charge is 0.449 e. The van der Waals surface area contributed by atoms with Gasteiger partial charge in [-0.3, -0.25) is 0 Å². The van der Waals surface area contributed by atoms with E-state index < -0.39 is 17.8 Å². The maximum atomic E-state index is 12.2. The maximum absolute atomic E-state index is 12.2. The standard InChI is InChI=1S/C26H34N2O5/c1-26(2,3)33-25(31)28-18(16-29)10-8-9-15-27-24(30)32-17-23-21-13-6-4-11-19(21)20-12-5-7-14-22(20)23/h4-7,11-14,18,23,29H,8-10,15-17H2,1-3H3,(H,27,30)(H,28,31)/t18-/m0/s1. The van der Waals surface area contributed by atoms with E-state index in [0.29, 0.717) is 19.4 Å². The maximum Gasteiger partial charge on any atom is 0.407 e. The predicted molar refractivity (Wildman–Crippen MR) is 127 cm³/mol. The van der Waals surface area contributed by atoms with Crippen LogP contribution in [0.2, 0.25) is 0 Å². The fraction of sp³-hybridized carbons (Fsp3) is 0.462. The second-order valence-electron chi connectivity index (χ2n) is 9.27. The molecule has 0 saturated heterocycles. The first-order valence-electron chi connectivity index (χ1n) is 11.5. The number of benzene rings is 2. The smallest absolute Gasteiger partial charge is 0.407 e. The molecule has 3 rings (SSSR count). The summed E-state index contributed by atoms with van der Waals surface area (Å²) in [4.78, 5) is 24.0. The van der Waals surface area contributed by atoms with Crippen LogP contribution in [-0.4, -0.2) is 48.7 Å². The van der Waals surface area contributed by atoms with Crippen LogP contribution >= 0.6 is 0 Å². The van der Waals surface area contributed by atoms with Gasteiger partial charge in [-0.2, -0.15) is 0 Å². The lowest BCUT2D eigenvalue weighted by atomic mass is 9.98. The van der Waals surface area contributed by atoms with Crippen LogP contribution < -0.4 is 10.6 Å². The molecule has 0 fully saturated rings. The van der Waals surface area contributed by atoms with Gasteiger partial charge >= 0.3 is 12.2 Å². The molecule has 1 aliphatic carbocycles. The van der Waals surface area contributed by atoms with Crippen LogP contribution in [0.5, 0.6) is 0 Å². The number of hydrogen-bond donors (Lipinski definition) is 3. The number of carbonyl (C=O) groups is 2. The van der Waals surface area contributed by atoms with E-state index in [9.17, 15) is 14.7 Å². The molecule has 0 radical (unpaired) electrons. The monoisotopic (exact) mass is 454 g/mol. The van der Waals surface area contributed by atoms with Crippen LogP contribution in [0.3, 0.4) is 0 Å². The Bertz CT molecular complexity index is 908. The first-order chi connectivity index (χ1) is 15.8. The fourth-order valence-corrected chi connectivity index (χ4v) is 4.04. The summed E-state index contributed by atoms with van der Waals surface area (Å²) in [6.07, 6.45) is 1.03. The lowest BCUT2D eigenvalue weighted by Gasteiger charge is -2.22. The van der Waals surface area contributed by atoms with Crippen molar-refractivity contribution in [1.29, 1.82) is 0 Å². The Morgan fingerprint density at radius 2 is 1.58 bits per heavy atom. The van der Waals surface area contributed by atoms with Gasteiger partial charge in [0.25, 0.3) is 0 Å². The molecule has 178 valence electrons. The Hall–Kier alpha value is -3.06. The Kier molecular flexibility index (Phi) is 8.33. The van der Waals surface area contributed by atoms with Crippen molar-refractivity contribution < 1.29 is 24.2 Å². The van der Waals surface area contributed by atoms with Crippen molar-refractivity contribution in [3.05, 3.63) is 59.7 Å². The molecule has 33 heavy (non-hydrogen) atoms. The van der Waals surface area contributed by atoms with Gasteiger partial charge in [0.15, 0.2) is 0 Å². The van der Waals surface area contributed by atoms with E-state index in [1.807, 2.05) is 24.3 Å². The predicted octanol–water partition coefficient (Wildman–Crippen LogP) is 4.58. The van der Waals surface area contributed by atoms with Gasteiger partial charge in [0, 0.05) is 12.5 Å². The molecule has 7 nitrogen and oxygen atoms in total. The number of aliphatic hydroxyl groups excluding tert-OH is 1. The highest BCUT2D eigenvalue weighted by Crippen LogP contribution is 2.44. The topological polar surface area (TPSA) is 96.9 Å². The highest BCUT2D eigenvalue weighted by Gasteiger charge is 2.29. The first-order valence-corrected chi connectivity index (χ1v) is 11.5. The van der Waals surface area contributed by atoms with Crippen LogP contribution in [0.1, 0.15) is 57.1 Å². The first kappa shape index (κ1) is 24.6. The van der Waals surface area contributed by atoms with Gasteiger partial charge in [-0.25, -0.2) is 9.59 Å². The van der Waals surface area contributed by atoms with E-state index in [1.165, 1.54) is 22.3 Å². The lowest BCUT2D eigenvalue weighted by molar-refractivity contribution is 0.0478. The van der Waals surface area contributed by atoms with Crippen molar-refractivity contribution in [1.82, 2.24) is 10.6 Å². The van der Waals surface area contributed by atoms with Crippen molar-refractivity contribution in [2.75, 3.05) is 19.8 Å². The molecule has 2 aromatic carbocycles. The number of carbonyl (C=O) groups excluding carboxylic acids is 2. The number of rotatable bonds is 9. The van der Waals surface area contributed by atoms with Crippen molar-refractivity contribution in [3.8, 4) is 11.1 Å². The van der Waals surface area contributed by atoms with Gasteiger partial charge in [-0.15, -0.1) is 0 Å². The van der Waals surface area contributed by atoms with Crippen molar-refractivity contribution >= 4 is 12.2 Å². The Labute approximate surface area is 195 Å². The van der Waals surface area contributed by atoms with Gasteiger partial charge in [0.1, 0.15) is 12.2 Å². The normalized spacial score (nSPS) is 13.6. The van der Waals surface area contributed by atoms with Crippen LogP contribution in [0.4, 0.5) is 9.59 Å². The summed E-state index contributed by atoms with van der Waals surface area (Å²) in [5.41, 5.74) is 4.16. The van der Waals surface area contributed by atoms with Gasteiger partial charge in [-0.1, -0.05) is 48.5 Å². The summed E-state index contributed by atoms with van der Waals surface area (Å²) in [6.45, 7) is 5.94. The zero-order chi connectivity index (χ0) is 23.8. The third-order valence-corrected chi connectivity index (χ3v) is 5.53. The van der Waals surface area contributed by atoms with E-state index in [1.54, 1.807) is 20.8 Å². The zero-order valence-corrected chi connectivity index (χ0v) is 19.6. The molecule has 0 unspecified atom stereocenters. The summed E-state index contributed by atoms with van der Waals surface area (Å²) in [7, 11) is 0. The number of amides is 2. The Balaban J connectivity index is 1.37. The Morgan fingerprint density at radius 1 is 0.970 bits per heavy atom. The SMILES string of the molecule is CC(C)(C)OC(=O)N[C@H](CO)CCCCNC(=O)OCC1c2ccccc2-c2ccccc21. The Morgan fingerprint density at radius 3 is 2.15 bits per heavy atom. The molecular weight excluding hydrogens is 420 g/mol. The summed E-state index contributed by atoms with van der Waals surface area (Å²) in [5.74, 6) is 0.0346. The highest BCUT2D eigenvalue weighted by molar-refractivity contribution is 5.79. The molecule has 3 N–H and O–H groups in total. The summed E-state index contributed by atoms with van der Waals surface area (Å²) >= 11 is 0. The van der Waals surface area contributed by atoms with Crippen LogP contribution in [0.15, 0.2) is 48.5 Å². The minimum absolute atomic E-state index is 0.0346. The molecular formula is C26H34N2O5. The molecule has 1 aliphatic rings. The highest BCUT2D eigenvalue weighted by atomic mass is 16.6. The second-order valence-corrected chi connectivity index (χ2v) is 9.27. The van der Waals surface area contributed by atoms with E-state index in [-0.39, 0.29) is 25.2 Å². The number of alkyl carbamates (subject to hydrolysis) is 2.